The lowest BCUT2D eigenvalue weighted by atomic mass is 10.0. The predicted molar refractivity (Wildman–Crippen MR) is 142 cm³/mol. The highest BCUT2D eigenvalue weighted by atomic mass is 32.2. The van der Waals surface area contributed by atoms with Gasteiger partial charge in [-0.25, -0.2) is 4.39 Å². The van der Waals surface area contributed by atoms with Crippen LogP contribution in [0.3, 0.4) is 0 Å². The molecule has 1 aliphatic rings. The van der Waals surface area contributed by atoms with Crippen LogP contribution < -0.4 is 20.1 Å². The smallest absolute Gasteiger partial charge is 0.240 e. The fraction of sp³-hybridized carbons (Fsp3) is 0.179. The number of fused-ring (bicyclic) bond motifs is 1. The molecule has 0 aliphatic heterocycles. The third kappa shape index (κ3) is 5.08. The number of thioether (sulfide) groups is 1. The Morgan fingerprint density at radius 3 is 2.11 bits per heavy atom. The number of pyridine rings is 1. The van der Waals surface area contributed by atoms with Crippen molar-refractivity contribution in [2.24, 2.45) is 5.41 Å². The van der Waals surface area contributed by atoms with Gasteiger partial charge in [0.1, 0.15) is 28.5 Å². The zero-order valence-electron chi connectivity index (χ0n) is 20.2. The fourth-order valence-corrected chi connectivity index (χ4v) is 4.57. The van der Waals surface area contributed by atoms with Crippen molar-refractivity contribution in [3.05, 3.63) is 78.7 Å². The number of aromatic nitrogens is 1. The minimum atomic E-state index is -1.13. The molecule has 0 unspecified atom stereocenters. The minimum absolute atomic E-state index is 0.376. The van der Waals surface area contributed by atoms with Gasteiger partial charge in [-0.1, -0.05) is 0 Å². The number of nitrogens with zero attached hydrogens (tertiary/aromatic N) is 1. The van der Waals surface area contributed by atoms with Gasteiger partial charge in [0.15, 0.2) is 0 Å². The van der Waals surface area contributed by atoms with Crippen LogP contribution in [0.2, 0.25) is 0 Å². The number of carbonyl (C=O) groups excluding carboxylic acids is 2. The number of ether oxygens (including phenoxy) is 2. The number of nitrogens with one attached hydrogen (secondary N) is 2. The number of hydrogen-bond donors (Lipinski definition) is 2. The third-order valence-corrected chi connectivity index (χ3v) is 7.03. The van der Waals surface area contributed by atoms with Crippen LogP contribution in [0.15, 0.2) is 77.8 Å². The highest BCUT2D eigenvalue weighted by molar-refractivity contribution is 7.98. The minimum Gasteiger partial charge on any atom is -0.496 e. The number of carbonyl (C=O) groups is 2. The van der Waals surface area contributed by atoms with Crippen molar-refractivity contribution in [1.29, 1.82) is 0 Å². The summed E-state index contributed by atoms with van der Waals surface area (Å²) < 4.78 is 24.7. The van der Waals surface area contributed by atoms with Crippen molar-refractivity contribution < 1.29 is 23.5 Å². The normalized spacial score (nSPS) is 13.6. The van der Waals surface area contributed by atoms with E-state index < -0.39 is 17.1 Å². The maximum absolute atomic E-state index is 13.1. The molecule has 1 fully saturated rings. The molecule has 0 bridgehead atoms. The first kappa shape index (κ1) is 24.6. The van der Waals surface area contributed by atoms with E-state index in [9.17, 15) is 14.0 Å². The number of rotatable bonds is 8. The van der Waals surface area contributed by atoms with Gasteiger partial charge in [-0.3, -0.25) is 14.6 Å². The number of amides is 2. The summed E-state index contributed by atoms with van der Waals surface area (Å²) >= 11 is 1.58. The predicted octanol–water partition coefficient (Wildman–Crippen LogP) is 6.25. The van der Waals surface area contributed by atoms with E-state index >= 15 is 0 Å². The van der Waals surface area contributed by atoms with Crippen molar-refractivity contribution in [1.82, 2.24) is 4.98 Å². The Bertz CT molecular complexity index is 1470. The van der Waals surface area contributed by atoms with Crippen LogP contribution in [-0.4, -0.2) is 30.2 Å². The molecule has 1 heterocycles. The molecule has 0 atom stereocenters. The maximum atomic E-state index is 13.1. The molecule has 3 aromatic carbocycles. The van der Waals surface area contributed by atoms with Gasteiger partial charge in [-0.2, -0.15) is 0 Å². The summed E-state index contributed by atoms with van der Waals surface area (Å²) in [6.45, 7) is 0. The second-order valence-electron chi connectivity index (χ2n) is 8.66. The van der Waals surface area contributed by atoms with Crippen molar-refractivity contribution in [2.75, 3.05) is 24.0 Å². The molecule has 4 aromatic rings. The van der Waals surface area contributed by atoms with E-state index in [-0.39, 0.29) is 5.91 Å². The highest BCUT2D eigenvalue weighted by Gasteiger charge is 2.56. The highest BCUT2D eigenvalue weighted by Crippen LogP contribution is 2.47. The average Bonchev–Trinajstić information content (AvgIpc) is 3.73. The van der Waals surface area contributed by atoms with Crippen LogP contribution in [0.4, 0.5) is 15.8 Å². The van der Waals surface area contributed by atoms with Gasteiger partial charge in [0.2, 0.25) is 11.8 Å². The molecular weight excluding hydrogens is 493 g/mol. The van der Waals surface area contributed by atoms with E-state index in [1.54, 1.807) is 55.4 Å². The molecule has 2 amide bonds. The second-order valence-corrected chi connectivity index (χ2v) is 9.51. The van der Waals surface area contributed by atoms with E-state index in [1.807, 2.05) is 18.4 Å². The summed E-state index contributed by atoms with van der Waals surface area (Å²) in [6.07, 6.45) is 4.55. The zero-order valence-corrected chi connectivity index (χ0v) is 21.0. The van der Waals surface area contributed by atoms with Gasteiger partial charge < -0.3 is 20.1 Å². The molecule has 7 nitrogen and oxygen atoms in total. The van der Waals surface area contributed by atoms with Crippen molar-refractivity contribution >= 4 is 45.9 Å². The van der Waals surface area contributed by atoms with E-state index in [0.29, 0.717) is 35.7 Å². The van der Waals surface area contributed by atoms with Gasteiger partial charge in [-0.15, -0.1) is 11.8 Å². The van der Waals surface area contributed by atoms with Crippen LogP contribution in [0, 0.1) is 11.2 Å². The number of benzene rings is 3. The molecule has 188 valence electrons. The third-order valence-electron chi connectivity index (χ3n) is 6.27. The Morgan fingerprint density at radius 1 is 0.919 bits per heavy atom. The van der Waals surface area contributed by atoms with Gasteiger partial charge in [0, 0.05) is 33.9 Å². The molecule has 1 aromatic heterocycles. The van der Waals surface area contributed by atoms with E-state index in [2.05, 4.69) is 15.6 Å². The van der Waals surface area contributed by atoms with E-state index in [0.717, 1.165) is 21.5 Å². The Kier molecular flexibility index (Phi) is 6.71. The number of methoxy groups -OCH3 is 1. The standard InChI is InChI=1S/C28H24FN3O4S/c1-35-24-16-22-21(15-25(24)37-2)23(11-14-30-22)36-20-9-7-19(8-10-20)32-27(34)28(12-13-28)26(33)31-18-5-3-17(29)4-6-18/h3-11,14-16H,12-13H2,1-2H3,(H,31,33)(H,32,34). The van der Waals surface area contributed by atoms with Crippen LogP contribution in [0.1, 0.15) is 12.8 Å². The Hall–Kier alpha value is -4.11. The maximum Gasteiger partial charge on any atom is 0.240 e. The number of halogens is 1. The molecule has 0 radical (unpaired) electrons. The largest absolute Gasteiger partial charge is 0.496 e. The summed E-state index contributed by atoms with van der Waals surface area (Å²) in [5.74, 6) is 0.814. The lowest BCUT2D eigenvalue weighted by Gasteiger charge is -2.16. The summed E-state index contributed by atoms with van der Waals surface area (Å²) in [5, 5.41) is 6.39. The Balaban J connectivity index is 1.27. The molecule has 5 rings (SSSR count). The van der Waals surface area contributed by atoms with E-state index in [1.165, 1.54) is 24.3 Å². The van der Waals surface area contributed by atoms with Crippen molar-refractivity contribution in [3.8, 4) is 17.2 Å². The molecule has 1 saturated carbocycles. The average molecular weight is 518 g/mol. The first-order chi connectivity index (χ1) is 17.9. The molecule has 37 heavy (non-hydrogen) atoms. The second kappa shape index (κ2) is 10.1. The molecule has 0 saturated heterocycles. The van der Waals surface area contributed by atoms with Crippen LogP contribution in [0.5, 0.6) is 17.2 Å². The van der Waals surface area contributed by atoms with Crippen LogP contribution in [0.25, 0.3) is 10.9 Å². The van der Waals surface area contributed by atoms with Gasteiger partial charge >= 0.3 is 0 Å². The van der Waals surface area contributed by atoms with Crippen LogP contribution >= 0.6 is 11.8 Å². The molecular formula is C28H24FN3O4S. The zero-order chi connectivity index (χ0) is 26.0. The first-order valence-electron chi connectivity index (χ1n) is 11.6. The topological polar surface area (TPSA) is 89.6 Å². The Morgan fingerprint density at radius 2 is 1.54 bits per heavy atom. The first-order valence-corrected chi connectivity index (χ1v) is 12.8. The molecule has 1 aliphatic carbocycles. The molecule has 0 spiro atoms. The summed E-state index contributed by atoms with van der Waals surface area (Å²) in [4.78, 5) is 31.1. The number of anilines is 2. The summed E-state index contributed by atoms with van der Waals surface area (Å²) in [5.41, 5.74) is 0.617. The van der Waals surface area contributed by atoms with Gasteiger partial charge in [-0.05, 0) is 79.8 Å². The monoisotopic (exact) mass is 517 g/mol. The lowest BCUT2D eigenvalue weighted by Crippen LogP contribution is -2.35. The quantitative estimate of drug-likeness (QED) is 0.212. The SMILES string of the molecule is COc1cc2nccc(Oc3ccc(NC(=O)C4(C(=O)Nc5ccc(F)cc5)CC4)cc3)c2cc1SC. The fourth-order valence-electron chi connectivity index (χ4n) is 3.99. The summed E-state index contributed by atoms with van der Waals surface area (Å²) in [6, 6.07) is 18.0. The number of hydrogen-bond acceptors (Lipinski definition) is 6. The Labute approximate surface area is 217 Å². The molecule has 9 heteroatoms. The van der Waals surface area contributed by atoms with Crippen LogP contribution in [-0.2, 0) is 9.59 Å². The summed E-state index contributed by atoms with van der Waals surface area (Å²) in [7, 11) is 1.63. The van der Waals surface area contributed by atoms with Crippen molar-refractivity contribution in [2.45, 2.75) is 17.7 Å². The lowest BCUT2D eigenvalue weighted by molar-refractivity contribution is -0.131. The van der Waals surface area contributed by atoms with E-state index in [4.69, 9.17) is 9.47 Å². The van der Waals surface area contributed by atoms with Gasteiger partial charge in [0.25, 0.3) is 0 Å². The van der Waals surface area contributed by atoms with Crippen molar-refractivity contribution in [3.63, 3.8) is 0 Å². The van der Waals surface area contributed by atoms with Gasteiger partial charge in [0.05, 0.1) is 12.6 Å². The molecule has 2 N–H and O–H groups in total.